The molecule has 0 aliphatic heterocycles. The highest BCUT2D eigenvalue weighted by atomic mass is 16.5. The minimum absolute atomic E-state index is 0.199. The number of carbonyl (C=O) groups excluding carboxylic acids is 2. The number of carbonyl (C=O) groups is 2. The van der Waals surface area contributed by atoms with Crippen molar-refractivity contribution in [1.82, 2.24) is 10.3 Å². The molecule has 0 saturated heterocycles. The quantitative estimate of drug-likeness (QED) is 0.688. The molecule has 3 N–H and O–H groups in total. The Balaban J connectivity index is 2.78. The van der Waals surface area contributed by atoms with Crippen LogP contribution in [-0.2, 0) is 0 Å². The first-order valence-electron chi connectivity index (χ1n) is 3.79. The molecule has 0 aliphatic carbocycles. The lowest BCUT2D eigenvalue weighted by Gasteiger charge is -2.01. The van der Waals surface area contributed by atoms with Crippen molar-refractivity contribution < 1.29 is 14.3 Å². The van der Waals surface area contributed by atoms with Crippen molar-refractivity contribution in [3.8, 4) is 5.75 Å². The Morgan fingerprint density at radius 1 is 1.50 bits per heavy atom. The molecule has 0 unspecified atom stereocenters. The Morgan fingerprint density at radius 2 is 2.21 bits per heavy atom. The molecule has 74 valence electrons. The van der Waals surface area contributed by atoms with Crippen molar-refractivity contribution in [2.45, 2.75) is 0 Å². The van der Waals surface area contributed by atoms with Gasteiger partial charge < -0.3 is 15.8 Å². The smallest absolute Gasteiger partial charge is 0.409 e. The average Bonchev–Trinajstić information content (AvgIpc) is 2.17. The fraction of sp³-hybridized carbons (Fsp3) is 0.125. The number of hydrogen-bond acceptors (Lipinski definition) is 4. The minimum atomic E-state index is -0.917. The zero-order valence-electron chi connectivity index (χ0n) is 7.48. The van der Waals surface area contributed by atoms with Crippen molar-refractivity contribution >= 4 is 12.0 Å². The SMILES string of the molecule is CNC(=O)c1ccc(OC(N)=O)cn1. The molecule has 1 aromatic heterocycles. The Bertz CT molecular complexity index is 347. The van der Waals surface area contributed by atoms with E-state index in [0.717, 1.165) is 0 Å². The van der Waals surface area contributed by atoms with E-state index in [1.807, 2.05) is 0 Å². The summed E-state index contributed by atoms with van der Waals surface area (Å²) in [6.07, 6.45) is 0.328. The van der Waals surface area contributed by atoms with Crippen molar-refractivity contribution in [1.29, 1.82) is 0 Å². The van der Waals surface area contributed by atoms with Gasteiger partial charge in [-0.25, -0.2) is 9.78 Å². The van der Waals surface area contributed by atoms with Crippen LogP contribution < -0.4 is 15.8 Å². The maximum Gasteiger partial charge on any atom is 0.410 e. The molecule has 0 radical (unpaired) electrons. The van der Waals surface area contributed by atoms with Crippen molar-refractivity contribution in [3.63, 3.8) is 0 Å². The van der Waals surface area contributed by atoms with Crippen LogP contribution in [0.5, 0.6) is 5.75 Å². The molecular formula is C8H9N3O3. The van der Waals surface area contributed by atoms with Crippen LogP contribution in [0.3, 0.4) is 0 Å². The maximum absolute atomic E-state index is 11.0. The predicted molar refractivity (Wildman–Crippen MR) is 47.8 cm³/mol. The Hall–Kier alpha value is -2.11. The first-order valence-corrected chi connectivity index (χ1v) is 3.79. The fourth-order valence-corrected chi connectivity index (χ4v) is 0.819. The van der Waals surface area contributed by atoms with E-state index in [1.165, 1.54) is 25.4 Å². The van der Waals surface area contributed by atoms with Crippen LogP contribution in [0.1, 0.15) is 10.5 Å². The molecule has 1 heterocycles. The number of aromatic nitrogens is 1. The lowest BCUT2D eigenvalue weighted by atomic mass is 10.3. The van der Waals surface area contributed by atoms with Gasteiger partial charge in [-0.15, -0.1) is 0 Å². The highest BCUT2D eigenvalue weighted by molar-refractivity contribution is 5.92. The average molecular weight is 195 g/mol. The molecule has 0 atom stereocenters. The molecule has 0 aliphatic rings. The number of ether oxygens (including phenoxy) is 1. The highest BCUT2D eigenvalue weighted by Gasteiger charge is 2.05. The van der Waals surface area contributed by atoms with Crippen LogP contribution in [0.4, 0.5) is 4.79 Å². The highest BCUT2D eigenvalue weighted by Crippen LogP contribution is 2.08. The number of nitrogens with two attached hydrogens (primary N) is 1. The number of pyridine rings is 1. The number of hydrogen-bond donors (Lipinski definition) is 2. The maximum atomic E-state index is 11.0. The van der Waals surface area contributed by atoms with Gasteiger partial charge in [0.15, 0.2) is 5.75 Å². The van der Waals surface area contributed by atoms with Crippen LogP contribution in [0.2, 0.25) is 0 Å². The van der Waals surface area contributed by atoms with Crippen LogP contribution >= 0.6 is 0 Å². The lowest BCUT2D eigenvalue weighted by Crippen LogP contribution is -2.19. The van der Waals surface area contributed by atoms with Crippen LogP contribution in [0.15, 0.2) is 18.3 Å². The van der Waals surface area contributed by atoms with E-state index in [4.69, 9.17) is 5.73 Å². The van der Waals surface area contributed by atoms with Crippen LogP contribution in [0, 0.1) is 0 Å². The third kappa shape index (κ3) is 2.44. The standard InChI is InChI=1S/C8H9N3O3/c1-10-7(12)6-3-2-5(4-11-6)14-8(9)13/h2-4H,1H3,(H2,9,13)(H,10,12). The molecule has 1 aromatic rings. The molecule has 0 bridgehead atoms. The topological polar surface area (TPSA) is 94.3 Å². The number of primary amides is 1. The largest absolute Gasteiger partial charge is 0.410 e. The normalized spacial score (nSPS) is 9.21. The number of amides is 2. The molecule has 0 fully saturated rings. The first-order chi connectivity index (χ1) is 6.63. The second-order valence-electron chi connectivity index (χ2n) is 2.38. The summed E-state index contributed by atoms with van der Waals surface area (Å²) in [6.45, 7) is 0. The molecule has 0 aromatic carbocycles. The summed E-state index contributed by atoms with van der Waals surface area (Å²) in [5.41, 5.74) is 5.02. The molecule has 6 nitrogen and oxygen atoms in total. The third-order valence-electron chi connectivity index (χ3n) is 1.41. The molecule has 6 heteroatoms. The zero-order chi connectivity index (χ0) is 10.6. The van der Waals surface area contributed by atoms with E-state index in [-0.39, 0.29) is 17.4 Å². The van der Waals surface area contributed by atoms with Crippen molar-refractivity contribution in [3.05, 3.63) is 24.0 Å². The Morgan fingerprint density at radius 3 is 2.64 bits per heavy atom. The Labute approximate surface area is 80.1 Å². The van der Waals surface area contributed by atoms with Crippen molar-refractivity contribution in [2.24, 2.45) is 5.73 Å². The molecule has 0 spiro atoms. The van der Waals surface area contributed by atoms with Crippen molar-refractivity contribution in [2.75, 3.05) is 7.05 Å². The van der Waals surface area contributed by atoms with Gasteiger partial charge in [0.05, 0.1) is 6.20 Å². The number of rotatable bonds is 2. The molecule has 0 saturated carbocycles. The van der Waals surface area contributed by atoms with E-state index in [1.54, 1.807) is 0 Å². The second-order valence-corrected chi connectivity index (χ2v) is 2.38. The van der Waals surface area contributed by atoms with Gasteiger partial charge in [-0.05, 0) is 12.1 Å². The monoisotopic (exact) mass is 195 g/mol. The number of nitrogens with zero attached hydrogens (tertiary/aromatic N) is 1. The van der Waals surface area contributed by atoms with E-state index in [9.17, 15) is 9.59 Å². The summed E-state index contributed by atoms with van der Waals surface area (Å²) in [5.74, 6) is -0.110. The molecule has 2 amide bonds. The molecule has 14 heavy (non-hydrogen) atoms. The first kappa shape index (κ1) is 9.97. The van der Waals surface area contributed by atoms with E-state index < -0.39 is 6.09 Å². The Kier molecular flexibility index (Phi) is 3.01. The summed E-state index contributed by atoms with van der Waals surface area (Å²) in [7, 11) is 1.50. The van der Waals surface area contributed by atoms with E-state index >= 15 is 0 Å². The van der Waals surface area contributed by atoms with Gasteiger partial charge in [-0.1, -0.05) is 0 Å². The zero-order valence-corrected chi connectivity index (χ0v) is 7.48. The van der Waals surface area contributed by atoms with Gasteiger partial charge in [0.25, 0.3) is 5.91 Å². The fourth-order valence-electron chi connectivity index (χ4n) is 0.819. The van der Waals surface area contributed by atoms with Gasteiger partial charge in [-0.2, -0.15) is 0 Å². The summed E-state index contributed by atoms with van der Waals surface area (Å²) in [6, 6.07) is 2.86. The van der Waals surface area contributed by atoms with Gasteiger partial charge in [0, 0.05) is 7.05 Å². The predicted octanol–water partition coefficient (Wildman–Crippen LogP) is -0.101. The summed E-state index contributed by atoms with van der Waals surface area (Å²) in [5, 5.41) is 2.41. The van der Waals surface area contributed by atoms with Gasteiger partial charge in [0.2, 0.25) is 0 Å². The van der Waals surface area contributed by atoms with Gasteiger partial charge >= 0.3 is 6.09 Å². The second kappa shape index (κ2) is 4.22. The summed E-state index contributed by atoms with van der Waals surface area (Å²) >= 11 is 0. The van der Waals surface area contributed by atoms with Gasteiger partial charge in [-0.3, -0.25) is 4.79 Å². The molecular weight excluding hydrogens is 186 g/mol. The number of nitrogens with one attached hydrogen (secondary N) is 1. The minimum Gasteiger partial charge on any atom is -0.409 e. The van der Waals surface area contributed by atoms with Crippen LogP contribution in [0.25, 0.3) is 0 Å². The van der Waals surface area contributed by atoms with E-state index in [0.29, 0.717) is 0 Å². The van der Waals surface area contributed by atoms with Gasteiger partial charge in [0.1, 0.15) is 5.69 Å². The summed E-state index contributed by atoms with van der Waals surface area (Å²) < 4.78 is 4.53. The van der Waals surface area contributed by atoms with Crippen LogP contribution in [-0.4, -0.2) is 24.0 Å². The summed E-state index contributed by atoms with van der Waals surface area (Å²) in [4.78, 5) is 25.1. The lowest BCUT2D eigenvalue weighted by molar-refractivity contribution is 0.0958. The van der Waals surface area contributed by atoms with E-state index in [2.05, 4.69) is 15.0 Å². The molecule has 1 rings (SSSR count). The third-order valence-corrected chi connectivity index (χ3v) is 1.41.